The van der Waals surface area contributed by atoms with Gasteiger partial charge in [0.1, 0.15) is 0 Å². The molecule has 0 aliphatic carbocycles. The summed E-state index contributed by atoms with van der Waals surface area (Å²) in [6.07, 6.45) is 1.33. The van der Waals surface area contributed by atoms with Crippen molar-refractivity contribution in [2.45, 2.75) is 0 Å². The van der Waals surface area contributed by atoms with Crippen LogP contribution in [0.25, 0.3) is 0 Å². The van der Waals surface area contributed by atoms with Crippen LogP contribution in [0, 0.1) is 0 Å². The summed E-state index contributed by atoms with van der Waals surface area (Å²) in [5, 5.41) is 12.2. The van der Waals surface area contributed by atoms with Crippen LogP contribution >= 0.6 is 0 Å². The average molecular weight is 134 g/mol. The zero-order valence-corrected chi connectivity index (χ0v) is 3.66. The predicted octanol–water partition coefficient (Wildman–Crippen LogP) is -0.803. The van der Waals surface area contributed by atoms with E-state index in [0.29, 0.717) is 0 Å². The van der Waals surface area contributed by atoms with E-state index in [-0.39, 0.29) is 17.1 Å². The van der Waals surface area contributed by atoms with Gasteiger partial charge in [0, 0.05) is 17.1 Å². The Bertz CT molecular complexity index is 64.0. The second-order valence-electron chi connectivity index (χ2n) is 0.560. The summed E-state index contributed by atoms with van der Waals surface area (Å²) in [6, 6.07) is 0. The van der Waals surface area contributed by atoms with Crippen LogP contribution in [-0.2, 0) is 17.1 Å². The third-order valence-corrected chi connectivity index (χ3v) is 0.270. The molecule has 4 nitrogen and oxygen atoms in total. The number of nitrogens with zero attached hydrogens (tertiary/aromatic N) is 3. The number of aromatic amines is 1. The van der Waals surface area contributed by atoms with Crippen LogP contribution < -0.4 is 0 Å². The van der Waals surface area contributed by atoms with E-state index < -0.39 is 0 Å². The molecule has 37 valence electrons. The molecule has 0 bridgehead atoms. The first-order valence-corrected chi connectivity index (χ1v) is 1.16. The van der Waals surface area contributed by atoms with Gasteiger partial charge in [0.05, 0.1) is 0 Å². The fourth-order valence-electron chi connectivity index (χ4n) is 0.129. The summed E-state index contributed by atoms with van der Waals surface area (Å²) in [5.74, 6) is 0. The van der Waals surface area contributed by atoms with Crippen molar-refractivity contribution in [2.24, 2.45) is 0 Å². The van der Waals surface area contributed by atoms with Crippen LogP contribution in [0.4, 0.5) is 0 Å². The predicted molar refractivity (Wildman–Crippen MR) is 14.2 cm³/mol. The van der Waals surface area contributed by atoms with Crippen LogP contribution in [0.1, 0.15) is 0 Å². The minimum absolute atomic E-state index is 0. The molecule has 1 N–H and O–H groups in total. The Morgan fingerprint density at radius 1 is 1.50 bits per heavy atom. The second-order valence-corrected chi connectivity index (χ2v) is 0.560. The Hall–Kier alpha value is -0.411. The van der Waals surface area contributed by atoms with Gasteiger partial charge in [-0.3, -0.25) is 0 Å². The van der Waals surface area contributed by atoms with E-state index in [1.54, 1.807) is 0 Å². The fourth-order valence-corrected chi connectivity index (χ4v) is 0.129. The van der Waals surface area contributed by atoms with E-state index in [0.717, 1.165) is 0 Å². The minimum Gasteiger partial charge on any atom is -0.177 e. The number of rotatable bonds is 0. The smallest absolute Gasteiger partial charge is 0.161 e. The average Bonchev–Trinajstić information content (AvgIpc) is 1.76. The molecule has 0 amide bonds. The quantitative estimate of drug-likeness (QED) is 0.472. The molecular weight excluding hydrogens is 132 g/mol. The number of nitrogens with one attached hydrogen (secondary N) is 1. The van der Waals surface area contributed by atoms with Gasteiger partial charge in [-0.2, -0.15) is 5.21 Å². The number of hydrogen-bond acceptors (Lipinski definition) is 3. The minimum atomic E-state index is 0. The standard InChI is InChI=1S/CH2N4.Cu/c1-2-4-5-3-1;/h1H,(H,2,3,4,5);. The maximum absolute atomic E-state index is 3.38. The molecule has 6 heavy (non-hydrogen) atoms. The third kappa shape index (κ3) is 1.14. The van der Waals surface area contributed by atoms with Gasteiger partial charge < -0.3 is 0 Å². The van der Waals surface area contributed by atoms with Crippen LogP contribution in [0.15, 0.2) is 6.33 Å². The van der Waals surface area contributed by atoms with Gasteiger partial charge >= 0.3 is 0 Å². The van der Waals surface area contributed by atoms with Crippen molar-refractivity contribution in [2.75, 3.05) is 0 Å². The second kappa shape index (κ2) is 2.81. The molecule has 0 fully saturated rings. The van der Waals surface area contributed by atoms with Crippen LogP contribution in [0.3, 0.4) is 0 Å². The van der Waals surface area contributed by atoms with Crippen molar-refractivity contribution in [3.63, 3.8) is 0 Å². The monoisotopic (exact) mass is 133 g/mol. The first-order valence-electron chi connectivity index (χ1n) is 1.16. The van der Waals surface area contributed by atoms with Gasteiger partial charge in [0.15, 0.2) is 6.33 Å². The van der Waals surface area contributed by atoms with Crippen LogP contribution in [0.5, 0.6) is 0 Å². The van der Waals surface area contributed by atoms with Crippen molar-refractivity contribution < 1.29 is 17.1 Å². The zero-order chi connectivity index (χ0) is 3.54. The molecule has 0 aliphatic rings. The van der Waals surface area contributed by atoms with Gasteiger partial charge in [-0.1, -0.05) is 5.21 Å². The molecular formula is CH2CuN4. The molecule has 0 atom stereocenters. The molecule has 0 saturated heterocycles. The largest absolute Gasteiger partial charge is 0.177 e. The number of H-pyrrole nitrogens is 1. The summed E-state index contributed by atoms with van der Waals surface area (Å²) >= 11 is 0. The summed E-state index contributed by atoms with van der Waals surface area (Å²) in [5.41, 5.74) is 0. The first-order chi connectivity index (χ1) is 2.50. The normalized spacial score (nSPS) is 6.67. The molecule has 5 heteroatoms. The summed E-state index contributed by atoms with van der Waals surface area (Å²) in [4.78, 5) is 0. The van der Waals surface area contributed by atoms with E-state index in [2.05, 4.69) is 20.6 Å². The number of aromatic nitrogens is 4. The van der Waals surface area contributed by atoms with Gasteiger partial charge in [-0.15, -0.1) is 10.2 Å². The molecule has 1 radical (unpaired) electrons. The Balaban J connectivity index is 0.000000250. The summed E-state index contributed by atoms with van der Waals surface area (Å²) < 4.78 is 0. The Morgan fingerprint density at radius 2 is 2.33 bits per heavy atom. The van der Waals surface area contributed by atoms with Crippen LogP contribution in [-0.4, -0.2) is 20.6 Å². The van der Waals surface area contributed by atoms with E-state index in [4.69, 9.17) is 0 Å². The molecule has 1 aromatic heterocycles. The number of hydrogen-bond donors (Lipinski definition) is 1. The molecule has 1 rings (SSSR count). The van der Waals surface area contributed by atoms with Gasteiger partial charge in [-0.05, 0) is 0 Å². The summed E-state index contributed by atoms with van der Waals surface area (Å²) in [6.45, 7) is 0. The third-order valence-electron chi connectivity index (χ3n) is 0.270. The van der Waals surface area contributed by atoms with Crippen molar-refractivity contribution >= 4 is 0 Å². The van der Waals surface area contributed by atoms with Crippen molar-refractivity contribution in [3.8, 4) is 0 Å². The molecule has 1 aromatic rings. The van der Waals surface area contributed by atoms with Crippen molar-refractivity contribution in [1.82, 2.24) is 20.6 Å². The maximum atomic E-state index is 3.38. The Morgan fingerprint density at radius 3 is 2.50 bits per heavy atom. The fraction of sp³-hybridized carbons (Fsp3) is 0. The molecule has 1 heterocycles. The van der Waals surface area contributed by atoms with Gasteiger partial charge in [0.2, 0.25) is 0 Å². The number of tetrazole rings is 1. The van der Waals surface area contributed by atoms with Crippen molar-refractivity contribution in [3.05, 3.63) is 6.33 Å². The SMILES string of the molecule is [Cu].c1nn[nH]n1. The molecule has 0 aliphatic heterocycles. The molecule has 0 spiro atoms. The first kappa shape index (κ1) is 5.59. The van der Waals surface area contributed by atoms with E-state index in [9.17, 15) is 0 Å². The van der Waals surface area contributed by atoms with Gasteiger partial charge in [-0.25, -0.2) is 0 Å². The van der Waals surface area contributed by atoms with Gasteiger partial charge in [0.25, 0.3) is 0 Å². The maximum Gasteiger partial charge on any atom is 0.161 e. The zero-order valence-electron chi connectivity index (χ0n) is 2.72. The van der Waals surface area contributed by atoms with E-state index in [1.165, 1.54) is 6.33 Å². The molecule has 0 aromatic carbocycles. The van der Waals surface area contributed by atoms with E-state index in [1.807, 2.05) is 0 Å². The molecule has 0 saturated carbocycles. The Labute approximate surface area is 44.8 Å². The van der Waals surface area contributed by atoms with Crippen LogP contribution in [0.2, 0.25) is 0 Å². The van der Waals surface area contributed by atoms with E-state index >= 15 is 0 Å². The topological polar surface area (TPSA) is 54.5 Å². The van der Waals surface area contributed by atoms with Crippen molar-refractivity contribution in [1.29, 1.82) is 0 Å². The Kier molecular flexibility index (Phi) is 2.62. The molecule has 0 unspecified atom stereocenters. The summed E-state index contributed by atoms with van der Waals surface area (Å²) in [7, 11) is 0.